The van der Waals surface area contributed by atoms with E-state index in [1.807, 2.05) is 29.6 Å². The van der Waals surface area contributed by atoms with Gasteiger partial charge in [0, 0.05) is 23.2 Å². The first-order chi connectivity index (χ1) is 11.7. The van der Waals surface area contributed by atoms with Gasteiger partial charge in [-0.15, -0.1) is 11.3 Å². The minimum atomic E-state index is -0.280. The number of amides is 1. The van der Waals surface area contributed by atoms with Crippen LogP contribution in [0.3, 0.4) is 0 Å². The fourth-order valence-electron chi connectivity index (χ4n) is 2.30. The van der Waals surface area contributed by atoms with Crippen molar-refractivity contribution >= 4 is 33.3 Å². The number of carbonyl (C=O) groups excluding carboxylic acids is 2. The Morgan fingerprint density at radius 2 is 2.04 bits per heavy atom. The van der Waals surface area contributed by atoms with Crippen molar-refractivity contribution in [3.05, 3.63) is 59.4 Å². The van der Waals surface area contributed by atoms with E-state index >= 15 is 0 Å². The van der Waals surface area contributed by atoms with E-state index in [4.69, 9.17) is 9.15 Å². The van der Waals surface area contributed by atoms with Gasteiger partial charge in [0.15, 0.2) is 5.76 Å². The van der Waals surface area contributed by atoms with Crippen LogP contribution in [0.5, 0.6) is 0 Å². The van der Waals surface area contributed by atoms with Crippen LogP contribution in [-0.2, 0) is 16.1 Å². The second-order valence-corrected chi connectivity index (χ2v) is 6.17. The number of hydrogen-bond donors (Lipinski definition) is 1. The number of rotatable bonds is 7. The highest BCUT2D eigenvalue weighted by atomic mass is 32.1. The highest BCUT2D eigenvalue weighted by molar-refractivity contribution is 7.17. The van der Waals surface area contributed by atoms with E-state index in [0.717, 1.165) is 10.9 Å². The first kappa shape index (κ1) is 16.3. The molecule has 1 aromatic carbocycles. The zero-order valence-corrected chi connectivity index (χ0v) is 13.8. The van der Waals surface area contributed by atoms with Crippen LogP contribution in [0.15, 0.2) is 52.5 Å². The maximum absolute atomic E-state index is 11.8. The average Bonchev–Trinajstić information content (AvgIpc) is 3.26. The molecular weight excluding hydrogens is 326 g/mol. The topological polar surface area (TPSA) is 68.5 Å². The first-order valence-electron chi connectivity index (χ1n) is 7.66. The molecule has 5 nitrogen and oxygen atoms in total. The minimum absolute atomic E-state index is 0.264. The summed E-state index contributed by atoms with van der Waals surface area (Å²) in [5.41, 5.74) is 1.02. The van der Waals surface area contributed by atoms with E-state index in [0.29, 0.717) is 13.0 Å². The lowest BCUT2D eigenvalue weighted by Gasteiger charge is -2.05. The van der Waals surface area contributed by atoms with Crippen LogP contribution < -0.4 is 5.32 Å². The lowest BCUT2D eigenvalue weighted by atomic mass is 10.2. The van der Waals surface area contributed by atoms with Gasteiger partial charge in [0.1, 0.15) is 6.61 Å². The predicted molar refractivity (Wildman–Crippen MR) is 91.9 cm³/mol. The van der Waals surface area contributed by atoms with Crippen molar-refractivity contribution in [2.45, 2.75) is 19.4 Å². The first-order valence-corrected chi connectivity index (χ1v) is 8.54. The molecule has 124 valence electrons. The summed E-state index contributed by atoms with van der Waals surface area (Å²) in [5, 5.41) is 5.84. The Labute approximate surface area is 143 Å². The second kappa shape index (κ2) is 7.79. The molecule has 0 radical (unpaired) electrons. The van der Waals surface area contributed by atoms with Crippen molar-refractivity contribution in [1.29, 1.82) is 0 Å². The SMILES string of the molecule is O=C(CCCNC(=O)c1ccco1)OCc1csc2ccccc12. The Kier molecular flexibility index (Phi) is 5.28. The maximum Gasteiger partial charge on any atom is 0.306 e. The molecule has 0 unspecified atom stereocenters. The molecule has 0 aliphatic heterocycles. The van der Waals surface area contributed by atoms with Gasteiger partial charge in [0.2, 0.25) is 0 Å². The molecule has 0 aliphatic rings. The number of nitrogens with one attached hydrogen (secondary N) is 1. The van der Waals surface area contributed by atoms with Crippen molar-refractivity contribution in [2.75, 3.05) is 6.54 Å². The summed E-state index contributed by atoms with van der Waals surface area (Å²) in [6, 6.07) is 11.3. The van der Waals surface area contributed by atoms with Crippen molar-refractivity contribution < 1.29 is 18.7 Å². The molecule has 0 saturated heterocycles. The minimum Gasteiger partial charge on any atom is -0.461 e. The van der Waals surface area contributed by atoms with Crippen molar-refractivity contribution in [3.63, 3.8) is 0 Å². The van der Waals surface area contributed by atoms with Gasteiger partial charge in [-0.05, 0) is 35.4 Å². The zero-order valence-electron chi connectivity index (χ0n) is 13.0. The summed E-state index contributed by atoms with van der Waals surface area (Å²) >= 11 is 1.64. The van der Waals surface area contributed by atoms with Gasteiger partial charge in [-0.1, -0.05) is 18.2 Å². The number of furan rings is 1. The van der Waals surface area contributed by atoms with Crippen LogP contribution in [0.1, 0.15) is 29.0 Å². The largest absolute Gasteiger partial charge is 0.461 e. The zero-order chi connectivity index (χ0) is 16.8. The van der Waals surface area contributed by atoms with Gasteiger partial charge < -0.3 is 14.5 Å². The third-order valence-electron chi connectivity index (χ3n) is 3.54. The van der Waals surface area contributed by atoms with E-state index in [9.17, 15) is 9.59 Å². The molecule has 0 bridgehead atoms. The summed E-state index contributed by atoms with van der Waals surface area (Å²) in [4.78, 5) is 23.4. The van der Waals surface area contributed by atoms with E-state index < -0.39 is 0 Å². The van der Waals surface area contributed by atoms with Crippen LogP contribution in [0.4, 0.5) is 0 Å². The predicted octanol–water partition coefficient (Wildman–Crippen LogP) is 3.75. The monoisotopic (exact) mass is 343 g/mol. The van der Waals surface area contributed by atoms with Crippen molar-refractivity contribution in [1.82, 2.24) is 5.32 Å². The van der Waals surface area contributed by atoms with Crippen LogP contribution in [0.25, 0.3) is 10.1 Å². The maximum atomic E-state index is 11.8. The van der Waals surface area contributed by atoms with Gasteiger partial charge >= 0.3 is 5.97 Å². The summed E-state index contributed by atoms with van der Waals surface area (Å²) in [6.45, 7) is 0.678. The molecule has 3 rings (SSSR count). The molecule has 0 saturated carbocycles. The third kappa shape index (κ3) is 4.02. The molecule has 1 N–H and O–H groups in total. The van der Waals surface area contributed by atoms with Crippen molar-refractivity contribution in [2.24, 2.45) is 0 Å². The summed E-state index contributed by atoms with van der Waals surface area (Å²) in [6.07, 6.45) is 2.23. The number of thiophene rings is 1. The molecule has 0 atom stereocenters. The number of carbonyl (C=O) groups is 2. The molecule has 2 heterocycles. The number of ether oxygens (including phenoxy) is 1. The van der Waals surface area contributed by atoms with Crippen LogP contribution in [-0.4, -0.2) is 18.4 Å². The Morgan fingerprint density at radius 3 is 2.88 bits per heavy atom. The van der Waals surface area contributed by atoms with Crippen molar-refractivity contribution in [3.8, 4) is 0 Å². The van der Waals surface area contributed by atoms with Gasteiger partial charge in [-0.3, -0.25) is 9.59 Å². The van der Waals surface area contributed by atoms with Crippen LogP contribution >= 0.6 is 11.3 Å². The fraction of sp³-hybridized carbons (Fsp3) is 0.222. The Hall–Kier alpha value is -2.60. The lowest BCUT2D eigenvalue weighted by molar-refractivity contribution is -0.145. The van der Waals surface area contributed by atoms with Gasteiger partial charge in [0.25, 0.3) is 5.91 Å². The van der Waals surface area contributed by atoms with E-state index in [2.05, 4.69) is 5.32 Å². The number of esters is 1. The lowest BCUT2D eigenvalue weighted by Crippen LogP contribution is -2.24. The number of benzene rings is 1. The van der Waals surface area contributed by atoms with Gasteiger partial charge in [0.05, 0.1) is 6.26 Å². The molecule has 3 aromatic rings. The number of hydrogen-bond acceptors (Lipinski definition) is 5. The standard InChI is InChI=1S/C18H17NO4S/c20-17(8-3-9-19-18(21)15-6-4-10-22-15)23-11-13-12-24-16-7-2-1-5-14(13)16/h1-2,4-7,10,12H,3,8-9,11H2,(H,19,21). The summed E-state index contributed by atoms with van der Waals surface area (Å²) in [5.74, 6) is -0.280. The molecule has 1 amide bonds. The smallest absolute Gasteiger partial charge is 0.306 e. The molecule has 24 heavy (non-hydrogen) atoms. The highest BCUT2D eigenvalue weighted by Gasteiger charge is 2.09. The highest BCUT2D eigenvalue weighted by Crippen LogP contribution is 2.26. The van der Waals surface area contributed by atoms with E-state index in [-0.39, 0.29) is 30.7 Å². The molecule has 0 aliphatic carbocycles. The van der Waals surface area contributed by atoms with Crippen LogP contribution in [0, 0.1) is 0 Å². The van der Waals surface area contributed by atoms with Gasteiger partial charge in [-0.2, -0.15) is 0 Å². The number of fused-ring (bicyclic) bond motifs is 1. The van der Waals surface area contributed by atoms with Crippen LogP contribution in [0.2, 0.25) is 0 Å². The van der Waals surface area contributed by atoms with E-state index in [1.165, 1.54) is 11.0 Å². The Morgan fingerprint density at radius 1 is 1.17 bits per heavy atom. The van der Waals surface area contributed by atoms with Gasteiger partial charge in [-0.25, -0.2) is 0 Å². The Bertz CT molecular complexity index is 823. The Balaban J connectivity index is 1.38. The molecule has 6 heteroatoms. The molecule has 2 aromatic heterocycles. The molecule has 0 spiro atoms. The fourth-order valence-corrected chi connectivity index (χ4v) is 3.25. The third-order valence-corrected chi connectivity index (χ3v) is 4.55. The van der Waals surface area contributed by atoms with E-state index in [1.54, 1.807) is 23.5 Å². The second-order valence-electron chi connectivity index (χ2n) is 5.25. The summed E-state index contributed by atoms with van der Waals surface area (Å²) in [7, 11) is 0. The average molecular weight is 343 g/mol. The summed E-state index contributed by atoms with van der Waals surface area (Å²) < 4.78 is 11.5. The normalized spacial score (nSPS) is 10.7. The quantitative estimate of drug-likeness (QED) is 0.524. The molecule has 0 fully saturated rings. The molecular formula is C18H17NO4S.